The summed E-state index contributed by atoms with van der Waals surface area (Å²) in [4.78, 5) is 5.76. The maximum Gasteiger partial charge on any atom is 0.0985 e. The Hall–Kier alpha value is -1.36. The topological polar surface area (TPSA) is 37.5 Å². The van der Waals surface area contributed by atoms with Crippen LogP contribution in [0.5, 0.6) is 0 Å². The van der Waals surface area contributed by atoms with E-state index in [2.05, 4.69) is 34.1 Å². The first kappa shape index (κ1) is 13.3. The van der Waals surface area contributed by atoms with Gasteiger partial charge < -0.3 is 14.5 Å². The minimum atomic E-state index is 0.0576. The van der Waals surface area contributed by atoms with Crippen molar-refractivity contribution in [3.05, 3.63) is 36.0 Å². The maximum absolute atomic E-state index is 6.05. The Morgan fingerprint density at radius 3 is 3.14 bits per heavy atom. The molecule has 1 aromatic heterocycles. The predicted molar refractivity (Wildman–Crippen MR) is 82.2 cm³/mol. The van der Waals surface area contributed by atoms with Crippen LogP contribution in [0.25, 0.3) is 10.9 Å². The third-order valence-corrected chi connectivity index (χ3v) is 5.03. The van der Waals surface area contributed by atoms with Gasteiger partial charge in [0, 0.05) is 56.4 Å². The molecule has 1 N–H and O–H groups in total. The summed E-state index contributed by atoms with van der Waals surface area (Å²) >= 11 is 0. The Labute approximate surface area is 125 Å². The van der Waals surface area contributed by atoms with Gasteiger partial charge in [0.25, 0.3) is 0 Å². The highest BCUT2D eigenvalue weighted by molar-refractivity contribution is 5.82. The molecule has 0 saturated carbocycles. The van der Waals surface area contributed by atoms with Crippen molar-refractivity contribution >= 4 is 10.9 Å². The van der Waals surface area contributed by atoms with Crippen LogP contribution in [0.4, 0.5) is 0 Å². The number of ether oxygens (including phenoxy) is 2. The molecule has 1 aromatic carbocycles. The lowest BCUT2D eigenvalue weighted by molar-refractivity contribution is -0.143. The molecule has 4 nitrogen and oxygen atoms in total. The van der Waals surface area contributed by atoms with Gasteiger partial charge in [-0.15, -0.1) is 0 Å². The molecular weight excluding hydrogens is 264 g/mol. The van der Waals surface area contributed by atoms with Gasteiger partial charge in [-0.05, 0) is 24.1 Å². The van der Waals surface area contributed by atoms with E-state index >= 15 is 0 Å². The summed E-state index contributed by atoms with van der Waals surface area (Å²) in [5.41, 5.74) is 2.67. The summed E-state index contributed by atoms with van der Waals surface area (Å²) in [5.74, 6) is 0.557. The third-order valence-electron chi connectivity index (χ3n) is 5.03. The van der Waals surface area contributed by atoms with Crippen molar-refractivity contribution in [1.29, 1.82) is 0 Å². The Morgan fingerprint density at radius 1 is 1.38 bits per heavy atom. The van der Waals surface area contributed by atoms with Crippen molar-refractivity contribution in [2.45, 2.75) is 18.6 Å². The van der Waals surface area contributed by atoms with Crippen LogP contribution in [0.1, 0.15) is 12.0 Å². The molecule has 0 unspecified atom stereocenters. The zero-order chi connectivity index (χ0) is 14.3. The van der Waals surface area contributed by atoms with E-state index in [1.54, 1.807) is 7.11 Å². The Balaban J connectivity index is 1.45. The number of nitrogens with zero attached hydrogens (tertiary/aromatic N) is 1. The van der Waals surface area contributed by atoms with Crippen molar-refractivity contribution in [3.8, 4) is 0 Å². The van der Waals surface area contributed by atoms with Crippen molar-refractivity contribution in [2.75, 3.05) is 33.4 Å². The second-order valence-corrected chi connectivity index (χ2v) is 6.36. The quantitative estimate of drug-likeness (QED) is 0.938. The number of rotatable bonds is 4. The molecule has 2 fully saturated rings. The molecule has 2 aliphatic heterocycles. The highest BCUT2D eigenvalue weighted by atomic mass is 16.5. The molecule has 0 amide bonds. The van der Waals surface area contributed by atoms with Gasteiger partial charge in [-0.2, -0.15) is 0 Å². The number of likely N-dealkylation sites (tertiary alicyclic amines) is 1. The largest absolute Gasteiger partial charge is 0.384 e. The third kappa shape index (κ3) is 2.18. The zero-order valence-corrected chi connectivity index (χ0v) is 12.5. The minimum Gasteiger partial charge on any atom is -0.384 e. The van der Waals surface area contributed by atoms with E-state index < -0.39 is 0 Å². The Kier molecular flexibility index (Phi) is 3.25. The number of H-pyrrole nitrogens is 1. The molecule has 3 heterocycles. The molecule has 1 spiro atoms. The van der Waals surface area contributed by atoms with Crippen LogP contribution in [0.15, 0.2) is 30.5 Å². The standard InChI is InChI=1S/C17H22N2O2/c1-20-10-14-6-8-21-17(14)11-19(12-17)9-13-3-2-4-16-15(13)5-7-18-16/h2-5,7,14,18H,6,8-12H2,1H3/t14-/m0/s1. The fraction of sp³-hybridized carbons (Fsp3) is 0.529. The maximum atomic E-state index is 6.05. The Morgan fingerprint density at radius 2 is 2.29 bits per heavy atom. The van der Waals surface area contributed by atoms with Crippen LogP contribution >= 0.6 is 0 Å². The molecule has 2 aliphatic rings. The van der Waals surface area contributed by atoms with Crippen molar-refractivity contribution in [3.63, 3.8) is 0 Å². The van der Waals surface area contributed by atoms with Gasteiger partial charge in [-0.1, -0.05) is 12.1 Å². The normalized spacial score (nSPS) is 24.7. The fourth-order valence-electron chi connectivity index (χ4n) is 3.92. The fourth-order valence-corrected chi connectivity index (χ4v) is 3.92. The number of aromatic nitrogens is 1. The second-order valence-electron chi connectivity index (χ2n) is 6.36. The van der Waals surface area contributed by atoms with E-state index in [0.29, 0.717) is 5.92 Å². The summed E-state index contributed by atoms with van der Waals surface area (Å²) in [7, 11) is 1.79. The molecule has 0 aliphatic carbocycles. The summed E-state index contributed by atoms with van der Waals surface area (Å²) in [6, 6.07) is 8.65. The van der Waals surface area contributed by atoms with Crippen LogP contribution in [0.3, 0.4) is 0 Å². The van der Waals surface area contributed by atoms with Crippen molar-refractivity contribution in [2.24, 2.45) is 5.92 Å². The van der Waals surface area contributed by atoms with E-state index in [9.17, 15) is 0 Å². The lowest BCUT2D eigenvalue weighted by atomic mass is 9.81. The van der Waals surface area contributed by atoms with Gasteiger partial charge in [-0.25, -0.2) is 0 Å². The lowest BCUT2D eigenvalue weighted by Gasteiger charge is -2.50. The second kappa shape index (κ2) is 5.13. The molecule has 0 radical (unpaired) electrons. The summed E-state index contributed by atoms with van der Waals surface area (Å²) < 4.78 is 11.4. The Bertz CT molecular complexity index is 631. The average Bonchev–Trinajstić information content (AvgIpc) is 3.06. The van der Waals surface area contributed by atoms with Gasteiger partial charge in [-0.3, -0.25) is 4.90 Å². The molecular formula is C17H22N2O2. The van der Waals surface area contributed by atoms with Crippen LogP contribution < -0.4 is 0 Å². The smallest absolute Gasteiger partial charge is 0.0985 e. The number of fused-ring (bicyclic) bond motifs is 1. The number of hydrogen-bond donors (Lipinski definition) is 1. The SMILES string of the molecule is COC[C@@H]1CCOC12CN(Cc1cccc3[nH]ccc13)C2. The summed E-state index contributed by atoms with van der Waals surface area (Å²) in [5, 5.41) is 1.33. The number of hydrogen-bond acceptors (Lipinski definition) is 3. The monoisotopic (exact) mass is 286 g/mol. The van der Waals surface area contributed by atoms with E-state index in [4.69, 9.17) is 9.47 Å². The first-order valence-corrected chi connectivity index (χ1v) is 7.71. The molecule has 2 saturated heterocycles. The van der Waals surface area contributed by atoms with Gasteiger partial charge >= 0.3 is 0 Å². The molecule has 4 heteroatoms. The molecule has 112 valence electrons. The lowest BCUT2D eigenvalue weighted by Crippen LogP contribution is -2.64. The number of methoxy groups -OCH3 is 1. The minimum absolute atomic E-state index is 0.0576. The van der Waals surface area contributed by atoms with Gasteiger partial charge in [0.2, 0.25) is 0 Å². The predicted octanol–water partition coefficient (Wildman–Crippen LogP) is 2.41. The van der Waals surface area contributed by atoms with E-state index in [1.807, 2.05) is 6.20 Å². The number of aromatic amines is 1. The summed E-state index contributed by atoms with van der Waals surface area (Å²) in [6.45, 7) is 4.76. The molecule has 21 heavy (non-hydrogen) atoms. The van der Waals surface area contributed by atoms with Crippen LogP contribution in [0.2, 0.25) is 0 Å². The van der Waals surface area contributed by atoms with Crippen LogP contribution in [0, 0.1) is 5.92 Å². The summed E-state index contributed by atoms with van der Waals surface area (Å²) in [6.07, 6.45) is 3.15. The number of nitrogens with one attached hydrogen (secondary N) is 1. The van der Waals surface area contributed by atoms with Crippen LogP contribution in [-0.4, -0.2) is 48.9 Å². The van der Waals surface area contributed by atoms with Gasteiger partial charge in [0.05, 0.1) is 12.2 Å². The molecule has 1 atom stereocenters. The zero-order valence-electron chi connectivity index (χ0n) is 12.5. The molecule has 0 bridgehead atoms. The first-order valence-electron chi connectivity index (χ1n) is 7.71. The van der Waals surface area contributed by atoms with E-state index in [1.165, 1.54) is 16.5 Å². The van der Waals surface area contributed by atoms with E-state index in [-0.39, 0.29) is 5.60 Å². The van der Waals surface area contributed by atoms with Gasteiger partial charge in [0.1, 0.15) is 0 Å². The molecule has 4 rings (SSSR count). The van der Waals surface area contributed by atoms with Crippen LogP contribution in [-0.2, 0) is 16.0 Å². The van der Waals surface area contributed by atoms with Crippen molar-refractivity contribution in [1.82, 2.24) is 9.88 Å². The molecule has 2 aromatic rings. The average molecular weight is 286 g/mol. The van der Waals surface area contributed by atoms with Gasteiger partial charge in [0.15, 0.2) is 0 Å². The van der Waals surface area contributed by atoms with E-state index in [0.717, 1.165) is 39.3 Å². The first-order chi connectivity index (χ1) is 10.3. The highest BCUT2D eigenvalue weighted by Gasteiger charge is 2.52. The highest BCUT2D eigenvalue weighted by Crippen LogP contribution is 2.40. The number of benzene rings is 1. The van der Waals surface area contributed by atoms with Crippen molar-refractivity contribution < 1.29 is 9.47 Å².